The van der Waals surface area contributed by atoms with E-state index in [9.17, 15) is 4.79 Å². The van der Waals surface area contributed by atoms with Crippen molar-refractivity contribution in [1.29, 1.82) is 0 Å². The van der Waals surface area contributed by atoms with Gasteiger partial charge in [0.25, 0.3) is 0 Å². The van der Waals surface area contributed by atoms with Crippen LogP contribution < -0.4 is 0 Å². The van der Waals surface area contributed by atoms with Crippen molar-refractivity contribution in [3.63, 3.8) is 0 Å². The van der Waals surface area contributed by atoms with Crippen LogP contribution in [-0.2, 0) is 4.79 Å². The third-order valence-corrected chi connectivity index (χ3v) is 3.37. The molecular formula is C10H18ClNO2. The minimum Gasteiger partial charge on any atom is -0.480 e. The molecule has 1 saturated carbocycles. The van der Waals surface area contributed by atoms with Gasteiger partial charge < -0.3 is 5.11 Å². The van der Waals surface area contributed by atoms with Crippen molar-refractivity contribution >= 4 is 18.4 Å². The second-order valence-electron chi connectivity index (χ2n) is 4.17. The molecule has 14 heavy (non-hydrogen) atoms. The highest BCUT2D eigenvalue weighted by atomic mass is 35.5. The van der Waals surface area contributed by atoms with Crippen LogP contribution in [-0.4, -0.2) is 34.6 Å². The molecule has 0 bridgehead atoms. The van der Waals surface area contributed by atoms with Crippen molar-refractivity contribution in [2.24, 2.45) is 0 Å². The second-order valence-corrected chi connectivity index (χ2v) is 4.17. The van der Waals surface area contributed by atoms with Crippen LogP contribution in [0.4, 0.5) is 0 Å². The summed E-state index contributed by atoms with van der Waals surface area (Å²) in [6.45, 7) is 1.00. The number of carbonyl (C=O) groups is 1. The Morgan fingerprint density at radius 1 is 1.14 bits per heavy atom. The molecule has 0 aromatic heterocycles. The first-order valence-corrected chi connectivity index (χ1v) is 5.27. The maximum Gasteiger partial charge on any atom is 0.320 e. The molecule has 0 radical (unpaired) electrons. The molecule has 0 aromatic rings. The predicted molar refractivity (Wildman–Crippen MR) is 56.9 cm³/mol. The monoisotopic (exact) mass is 219 g/mol. The van der Waals surface area contributed by atoms with E-state index in [0.717, 1.165) is 19.4 Å². The lowest BCUT2D eigenvalue weighted by molar-refractivity contribution is -0.142. The first-order valence-electron chi connectivity index (χ1n) is 5.27. The standard InChI is InChI=1S/C10H17NO2.ClH/c12-10(13)9-6-3-7-11(9)8-4-1-2-5-8;/h8-9H,1-7H2,(H,12,13);1H. The summed E-state index contributed by atoms with van der Waals surface area (Å²) in [5.74, 6) is -0.621. The van der Waals surface area contributed by atoms with Crippen molar-refractivity contribution in [3.05, 3.63) is 0 Å². The average molecular weight is 220 g/mol. The summed E-state index contributed by atoms with van der Waals surface area (Å²) in [7, 11) is 0. The normalized spacial score (nSPS) is 29.0. The lowest BCUT2D eigenvalue weighted by Gasteiger charge is -2.27. The van der Waals surface area contributed by atoms with Gasteiger partial charge in [0.05, 0.1) is 0 Å². The molecule has 4 heteroatoms. The van der Waals surface area contributed by atoms with Crippen LogP contribution >= 0.6 is 12.4 Å². The Morgan fingerprint density at radius 3 is 2.36 bits per heavy atom. The van der Waals surface area contributed by atoms with E-state index >= 15 is 0 Å². The Labute approximate surface area is 90.9 Å². The van der Waals surface area contributed by atoms with Gasteiger partial charge in [0.15, 0.2) is 0 Å². The number of likely N-dealkylation sites (tertiary alicyclic amines) is 1. The predicted octanol–water partition coefficient (Wildman–Crippen LogP) is 1.90. The van der Waals surface area contributed by atoms with Gasteiger partial charge in [-0.15, -0.1) is 12.4 Å². The zero-order chi connectivity index (χ0) is 9.26. The molecule has 1 aliphatic heterocycles. The molecule has 3 nitrogen and oxygen atoms in total. The highest BCUT2D eigenvalue weighted by molar-refractivity contribution is 5.85. The fourth-order valence-corrected chi connectivity index (χ4v) is 2.73. The van der Waals surface area contributed by atoms with Crippen molar-refractivity contribution in [3.8, 4) is 0 Å². The zero-order valence-electron chi connectivity index (χ0n) is 8.32. The van der Waals surface area contributed by atoms with Crippen molar-refractivity contribution in [1.82, 2.24) is 4.90 Å². The number of aliphatic carboxylic acids is 1. The number of rotatable bonds is 2. The van der Waals surface area contributed by atoms with E-state index in [2.05, 4.69) is 4.90 Å². The molecule has 1 saturated heterocycles. The van der Waals surface area contributed by atoms with E-state index in [1.165, 1.54) is 25.7 Å². The van der Waals surface area contributed by atoms with E-state index in [1.807, 2.05) is 0 Å². The van der Waals surface area contributed by atoms with Gasteiger partial charge in [-0.05, 0) is 32.2 Å². The topological polar surface area (TPSA) is 40.5 Å². The lowest BCUT2D eigenvalue weighted by Crippen LogP contribution is -2.41. The molecule has 0 amide bonds. The number of carboxylic acid groups (broad SMARTS) is 1. The molecule has 1 aliphatic carbocycles. The maximum absolute atomic E-state index is 10.9. The number of hydrogen-bond acceptors (Lipinski definition) is 2. The number of hydrogen-bond donors (Lipinski definition) is 1. The van der Waals surface area contributed by atoms with Gasteiger partial charge in [0, 0.05) is 6.04 Å². The molecule has 2 fully saturated rings. The quantitative estimate of drug-likeness (QED) is 0.771. The molecular weight excluding hydrogens is 202 g/mol. The smallest absolute Gasteiger partial charge is 0.320 e. The second kappa shape index (κ2) is 4.99. The summed E-state index contributed by atoms with van der Waals surface area (Å²) >= 11 is 0. The largest absolute Gasteiger partial charge is 0.480 e. The van der Waals surface area contributed by atoms with Gasteiger partial charge in [-0.25, -0.2) is 0 Å². The molecule has 0 aromatic carbocycles. The maximum atomic E-state index is 10.9. The van der Waals surface area contributed by atoms with Gasteiger partial charge >= 0.3 is 5.97 Å². The third-order valence-electron chi connectivity index (χ3n) is 3.37. The summed E-state index contributed by atoms with van der Waals surface area (Å²) in [5, 5.41) is 9.00. The van der Waals surface area contributed by atoms with Gasteiger partial charge in [0.2, 0.25) is 0 Å². The first kappa shape index (κ1) is 11.8. The van der Waals surface area contributed by atoms with Gasteiger partial charge in [-0.3, -0.25) is 9.69 Å². The Hall–Kier alpha value is -0.280. The van der Waals surface area contributed by atoms with E-state index in [1.54, 1.807) is 0 Å². The van der Waals surface area contributed by atoms with Crippen molar-refractivity contribution in [2.75, 3.05) is 6.54 Å². The summed E-state index contributed by atoms with van der Waals surface area (Å²) < 4.78 is 0. The first-order chi connectivity index (χ1) is 6.29. The molecule has 2 aliphatic rings. The Bertz CT molecular complexity index is 204. The van der Waals surface area contributed by atoms with Crippen LogP contribution in [0.1, 0.15) is 38.5 Å². The summed E-state index contributed by atoms with van der Waals surface area (Å²) in [6, 6.07) is 0.395. The molecule has 2 rings (SSSR count). The Balaban J connectivity index is 0.000000980. The average Bonchev–Trinajstić information content (AvgIpc) is 2.74. The molecule has 1 N–H and O–H groups in total. The van der Waals surface area contributed by atoms with Gasteiger partial charge in [0.1, 0.15) is 6.04 Å². The van der Waals surface area contributed by atoms with Crippen LogP contribution in [0.15, 0.2) is 0 Å². The van der Waals surface area contributed by atoms with Crippen LogP contribution in [0.3, 0.4) is 0 Å². The van der Waals surface area contributed by atoms with Crippen LogP contribution in [0.5, 0.6) is 0 Å². The minimum absolute atomic E-state index is 0. The molecule has 1 unspecified atom stereocenters. The molecule has 1 heterocycles. The molecule has 0 spiro atoms. The Kier molecular flexibility index (Phi) is 4.20. The number of halogens is 1. The van der Waals surface area contributed by atoms with Crippen LogP contribution in [0, 0.1) is 0 Å². The number of nitrogens with zero attached hydrogens (tertiary/aromatic N) is 1. The van der Waals surface area contributed by atoms with E-state index in [-0.39, 0.29) is 18.4 Å². The van der Waals surface area contributed by atoms with E-state index < -0.39 is 5.97 Å². The van der Waals surface area contributed by atoms with E-state index in [0.29, 0.717) is 6.04 Å². The SMILES string of the molecule is Cl.O=C(O)C1CCCN1C1CCCC1. The number of carboxylic acids is 1. The molecule has 1 atom stereocenters. The van der Waals surface area contributed by atoms with E-state index in [4.69, 9.17) is 5.11 Å². The fourth-order valence-electron chi connectivity index (χ4n) is 2.73. The highest BCUT2D eigenvalue weighted by Crippen LogP contribution is 2.29. The summed E-state index contributed by atoms with van der Waals surface area (Å²) in [5.41, 5.74) is 0. The third kappa shape index (κ3) is 2.20. The zero-order valence-corrected chi connectivity index (χ0v) is 9.13. The molecule has 82 valence electrons. The van der Waals surface area contributed by atoms with Crippen LogP contribution in [0.2, 0.25) is 0 Å². The Morgan fingerprint density at radius 2 is 1.79 bits per heavy atom. The minimum atomic E-state index is -0.621. The summed E-state index contributed by atoms with van der Waals surface area (Å²) in [6.07, 6.45) is 6.91. The van der Waals surface area contributed by atoms with Crippen molar-refractivity contribution < 1.29 is 9.90 Å². The van der Waals surface area contributed by atoms with Crippen molar-refractivity contribution in [2.45, 2.75) is 50.6 Å². The highest BCUT2D eigenvalue weighted by Gasteiger charge is 2.36. The fraction of sp³-hybridized carbons (Fsp3) is 0.900. The summed E-state index contributed by atoms with van der Waals surface area (Å²) in [4.78, 5) is 13.1. The lowest BCUT2D eigenvalue weighted by atomic mass is 10.1. The van der Waals surface area contributed by atoms with Gasteiger partial charge in [-0.1, -0.05) is 12.8 Å². The van der Waals surface area contributed by atoms with Crippen LogP contribution in [0.25, 0.3) is 0 Å². The van der Waals surface area contributed by atoms with Gasteiger partial charge in [-0.2, -0.15) is 0 Å².